The molecule has 0 radical (unpaired) electrons. The summed E-state index contributed by atoms with van der Waals surface area (Å²) in [5.74, 6) is 0.451. The SMILES string of the molecule is CC(C)=CCCC(C)=CCc1c(O)ccc2cc(-c3cc(O)c(O)cc3CC=C(C)C)oc12. The van der Waals surface area contributed by atoms with Crippen LogP contribution in [0.1, 0.15) is 58.6 Å². The predicted molar refractivity (Wildman–Crippen MR) is 136 cm³/mol. The molecule has 1 heterocycles. The molecule has 174 valence electrons. The molecule has 0 bridgehead atoms. The third kappa shape index (κ3) is 6.10. The maximum absolute atomic E-state index is 10.6. The highest BCUT2D eigenvalue weighted by molar-refractivity contribution is 5.88. The van der Waals surface area contributed by atoms with Crippen LogP contribution in [0.15, 0.2) is 69.7 Å². The van der Waals surface area contributed by atoms with Crippen molar-refractivity contribution < 1.29 is 19.7 Å². The van der Waals surface area contributed by atoms with E-state index >= 15 is 0 Å². The molecule has 0 aliphatic rings. The number of fused-ring (bicyclic) bond motifs is 1. The molecule has 0 fully saturated rings. The van der Waals surface area contributed by atoms with Gasteiger partial charge in [0, 0.05) is 16.5 Å². The average molecular weight is 447 g/mol. The molecular formula is C29H34O4. The summed E-state index contributed by atoms with van der Waals surface area (Å²) in [6, 6.07) is 8.56. The topological polar surface area (TPSA) is 73.8 Å². The molecule has 1 aromatic heterocycles. The van der Waals surface area contributed by atoms with E-state index in [0.717, 1.165) is 40.5 Å². The Balaban J connectivity index is 1.99. The van der Waals surface area contributed by atoms with Crippen LogP contribution < -0.4 is 0 Å². The van der Waals surface area contributed by atoms with Crippen molar-refractivity contribution in [3.05, 3.63) is 76.4 Å². The molecule has 3 aromatic rings. The monoisotopic (exact) mass is 446 g/mol. The van der Waals surface area contributed by atoms with Crippen LogP contribution in [-0.4, -0.2) is 15.3 Å². The number of rotatable bonds is 8. The van der Waals surface area contributed by atoms with Gasteiger partial charge in [-0.15, -0.1) is 0 Å². The van der Waals surface area contributed by atoms with Crippen molar-refractivity contribution >= 4 is 11.0 Å². The smallest absolute Gasteiger partial charge is 0.158 e. The van der Waals surface area contributed by atoms with Crippen molar-refractivity contribution in [3.8, 4) is 28.6 Å². The fourth-order valence-corrected chi connectivity index (χ4v) is 3.78. The van der Waals surface area contributed by atoms with Gasteiger partial charge in [-0.1, -0.05) is 34.9 Å². The van der Waals surface area contributed by atoms with Gasteiger partial charge in [0.2, 0.25) is 0 Å². The second-order valence-corrected chi connectivity index (χ2v) is 9.15. The number of hydrogen-bond donors (Lipinski definition) is 3. The van der Waals surface area contributed by atoms with Gasteiger partial charge in [-0.05, 0) is 96.2 Å². The molecule has 4 nitrogen and oxygen atoms in total. The van der Waals surface area contributed by atoms with Gasteiger partial charge in [-0.3, -0.25) is 0 Å². The van der Waals surface area contributed by atoms with E-state index in [1.807, 2.05) is 26.0 Å². The van der Waals surface area contributed by atoms with Gasteiger partial charge >= 0.3 is 0 Å². The third-order valence-corrected chi connectivity index (χ3v) is 5.71. The first-order valence-electron chi connectivity index (χ1n) is 11.4. The highest BCUT2D eigenvalue weighted by Gasteiger charge is 2.17. The zero-order valence-electron chi connectivity index (χ0n) is 20.2. The number of phenolic OH excluding ortho intramolecular Hbond substituents is 3. The van der Waals surface area contributed by atoms with Crippen molar-refractivity contribution in [1.82, 2.24) is 0 Å². The molecule has 0 unspecified atom stereocenters. The van der Waals surface area contributed by atoms with Crippen LogP contribution in [-0.2, 0) is 12.8 Å². The molecule has 3 rings (SSSR count). The van der Waals surface area contributed by atoms with Crippen LogP contribution in [0.5, 0.6) is 17.2 Å². The fraction of sp³-hybridized carbons (Fsp3) is 0.310. The van der Waals surface area contributed by atoms with Gasteiger partial charge in [-0.25, -0.2) is 0 Å². The van der Waals surface area contributed by atoms with Crippen LogP contribution in [0.3, 0.4) is 0 Å². The van der Waals surface area contributed by atoms with Crippen molar-refractivity contribution in [3.63, 3.8) is 0 Å². The van der Waals surface area contributed by atoms with Crippen LogP contribution in [0.25, 0.3) is 22.3 Å². The van der Waals surface area contributed by atoms with Crippen molar-refractivity contribution in [1.29, 1.82) is 0 Å². The first-order valence-corrected chi connectivity index (χ1v) is 11.4. The lowest BCUT2D eigenvalue weighted by Gasteiger charge is -2.09. The molecule has 0 amide bonds. The molecule has 3 N–H and O–H groups in total. The summed E-state index contributed by atoms with van der Waals surface area (Å²) >= 11 is 0. The summed E-state index contributed by atoms with van der Waals surface area (Å²) in [5.41, 5.74) is 6.70. The Morgan fingerprint density at radius 3 is 2.18 bits per heavy atom. The standard InChI is InChI=1S/C29H34O4/c1-18(2)7-6-8-20(5)10-13-23-25(30)14-12-22-16-28(33-29(22)23)24-17-27(32)26(31)15-21(24)11-9-19(3)4/h7,9-10,12,14-17,30-32H,6,8,11,13H2,1-5H3. The number of hydrogen-bond acceptors (Lipinski definition) is 4. The van der Waals surface area contributed by atoms with Crippen LogP contribution in [0.2, 0.25) is 0 Å². The number of benzene rings is 2. The summed E-state index contributed by atoms with van der Waals surface area (Å²) in [5, 5.41) is 31.6. The van der Waals surface area contributed by atoms with E-state index in [0.29, 0.717) is 24.2 Å². The second kappa shape index (κ2) is 10.5. The summed E-state index contributed by atoms with van der Waals surface area (Å²) < 4.78 is 6.24. The van der Waals surface area contributed by atoms with Gasteiger partial charge in [0.05, 0.1) is 0 Å². The number of phenols is 3. The molecule has 0 atom stereocenters. The zero-order chi connectivity index (χ0) is 24.1. The number of aromatic hydroxyl groups is 3. The zero-order valence-corrected chi connectivity index (χ0v) is 20.2. The maximum Gasteiger partial charge on any atom is 0.158 e. The quantitative estimate of drug-likeness (QED) is 0.242. The Kier molecular flexibility index (Phi) is 7.70. The largest absolute Gasteiger partial charge is 0.508 e. The number of furan rings is 1. The van der Waals surface area contributed by atoms with E-state index in [2.05, 4.69) is 39.0 Å². The fourth-order valence-electron chi connectivity index (χ4n) is 3.78. The molecule has 0 aliphatic carbocycles. The van der Waals surface area contributed by atoms with Gasteiger partial charge in [0.1, 0.15) is 17.1 Å². The molecule has 33 heavy (non-hydrogen) atoms. The van der Waals surface area contributed by atoms with E-state index in [1.165, 1.54) is 17.2 Å². The molecule has 0 saturated carbocycles. The molecular weight excluding hydrogens is 412 g/mol. The normalized spacial score (nSPS) is 11.6. The Morgan fingerprint density at radius 2 is 1.48 bits per heavy atom. The van der Waals surface area contributed by atoms with Crippen molar-refractivity contribution in [2.24, 2.45) is 0 Å². The summed E-state index contributed by atoms with van der Waals surface area (Å²) in [7, 11) is 0. The minimum atomic E-state index is -0.190. The Labute approximate surface area is 196 Å². The van der Waals surface area contributed by atoms with Gasteiger partial charge in [0.25, 0.3) is 0 Å². The highest BCUT2D eigenvalue weighted by atomic mass is 16.3. The van der Waals surface area contributed by atoms with E-state index in [4.69, 9.17) is 4.42 Å². The van der Waals surface area contributed by atoms with E-state index < -0.39 is 0 Å². The lowest BCUT2D eigenvalue weighted by molar-refractivity contribution is 0.403. The molecule has 0 spiro atoms. The Bertz CT molecular complexity index is 1230. The minimum Gasteiger partial charge on any atom is -0.508 e. The molecule has 0 aliphatic heterocycles. The summed E-state index contributed by atoms with van der Waals surface area (Å²) in [6.45, 7) is 10.4. The lowest BCUT2D eigenvalue weighted by Crippen LogP contribution is -1.89. The van der Waals surface area contributed by atoms with Gasteiger partial charge in [-0.2, -0.15) is 0 Å². The van der Waals surface area contributed by atoms with E-state index in [9.17, 15) is 15.3 Å². The van der Waals surface area contributed by atoms with Crippen LogP contribution in [0, 0.1) is 0 Å². The van der Waals surface area contributed by atoms with Crippen molar-refractivity contribution in [2.75, 3.05) is 0 Å². The Hall–Kier alpha value is -3.40. The van der Waals surface area contributed by atoms with E-state index in [1.54, 1.807) is 12.1 Å². The van der Waals surface area contributed by atoms with Gasteiger partial charge in [0.15, 0.2) is 11.5 Å². The Morgan fingerprint density at radius 1 is 0.788 bits per heavy atom. The molecule has 4 heteroatoms. The summed E-state index contributed by atoms with van der Waals surface area (Å²) in [6.07, 6.45) is 9.60. The first kappa shape index (κ1) is 24.2. The second-order valence-electron chi connectivity index (χ2n) is 9.15. The minimum absolute atomic E-state index is 0.154. The van der Waals surface area contributed by atoms with E-state index in [-0.39, 0.29) is 17.2 Å². The molecule has 2 aromatic carbocycles. The van der Waals surface area contributed by atoms with Crippen LogP contribution >= 0.6 is 0 Å². The highest BCUT2D eigenvalue weighted by Crippen LogP contribution is 2.39. The first-order chi connectivity index (χ1) is 15.7. The van der Waals surface area contributed by atoms with Crippen molar-refractivity contribution in [2.45, 2.75) is 60.3 Å². The average Bonchev–Trinajstić information content (AvgIpc) is 3.17. The predicted octanol–water partition coefficient (Wildman–Crippen LogP) is 7.96. The van der Waals surface area contributed by atoms with Crippen LogP contribution in [0.4, 0.5) is 0 Å². The molecule has 0 saturated heterocycles. The van der Waals surface area contributed by atoms with Gasteiger partial charge < -0.3 is 19.7 Å². The third-order valence-electron chi connectivity index (χ3n) is 5.71. The summed E-state index contributed by atoms with van der Waals surface area (Å²) in [4.78, 5) is 0. The lowest BCUT2D eigenvalue weighted by atomic mass is 10.00. The maximum atomic E-state index is 10.6. The number of allylic oxidation sites excluding steroid dienone is 6.